The van der Waals surface area contributed by atoms with E-state index < -0.39 is 12.2 Å². The number of alkyl halides is 4. The molecule has 1 rings (SSSR count). The van der Waals surface area contributed by atoms with Crippen LogP contribution in [-0.4, -0.2) is 11.3 Å². The third-order valence-corrected chi connectivity index (χ3v) is 3.00. The Labute approximate surface area is 114 Å². The minimum Gasteiger partial charge on any atom is -0.388 e. The molecule has 0 radical (unpaired) electrons. The van der Waals surface area contributed by atoms with Crippen molar-refractivity contribution in [1.29, 1.82) is 5.26 Å². The maximum Gasteiger partial charge on any atom is 0.574 e. The van der Waals surface area contributed by atoms with Crippen LogP contribution >= 0.6 is 34.2 Å². The number of pyridine rings is 1. The maximum absolute atomic E-state index is 12.1. The van der Waals surface area contributed by atoms with Gasteiger partial charge in [0.1, 0.15) is 0 Å². The predicted molar refractivity (Wildman–Crippen MR) is 62.5 cm³/mol. The summed E-state index contributed by atoms with van der Waals surface area (Å²) in [7, 11) is 0. The van der Waals surface area contributed by atoms with Gasteiger partial charge in [0.05, 0.1) is 12.5 Å². The van der Waals surface area contributed by atoms with Crippen molar-refractivity contribution >= 4 is 34.2 Å². The van der Waals surface area contributed by atoms with Crippen molar-refractivity contribution in [2.45, 2.75) is 18.7 Å². The fourth-order valence-corrected chi connectivity index (χ4v) is 2.33. The predicted octanol–water partition coefficient (Wildman–Crippen LogP) is 3.39. The largest absolute Gasteiger partial charge is 0.574 e. The molecule has 0 aliphatic heterocycles. The average molecular weight is 377 g/mol. The Kier molecular flexibility index (Phi) is 4.82. The van der Waals surface area contributed by atoms with Crippen LogP contribution in [0.3, 0.4) is 0 Å². The zero-order valence-electron chi connectivity index (χ0n) is 8.18. The molecule has 0 amide bonds. The molecule has 17 heavy (non-hydrogen) atoms. The fourth-order valence-electron chi connectivity index (χ4n) is 1.15. The number of hydrogen-bond acceptors (Lipinski definition) is 3. The van der Waals surface area contributed by atoms with Gasteiger partial charge < -0.3 is 4.74 Å². The third-order valence-electron chi connectivity index (χ3n) is 1.81. The van der Waals surface area contributed by atoms with Crippen molar-refractivity contribution in [3.05, 3.63) is 20.9 Å². The summed E-state index contributed by atoms with van der Waals surface area (Å²) >= 11 is 7.52. The first-order valence-electron chi connectivity index (χ1n) is 4.24. The first-order valence-corrected chi connectivity index (χ1v) is 5.85. The van der Waals surface area contributed by atoms with Crippen LogP contribution in [0.4, 0.5) is 13.2 Å². The molecule has 0 fully saturated rings. The highest BCUT2D eigenvalue weighted by Gasteiger charge is 2.33. The molecule has 0 saturated carbocycles. The van der Waals surface area contributed by atoms with E-state index in [1.54, 1.807) is 6.07 Å². The SMILES string of the molecule is N#CCc1c(OC(F)(F)F)ncc(I)c1CCl. The van der Waals surface area contributed by atoms with Crippen molar-refractivity contribution in [3.8, 4) is 11.9 Å². The van der Waals surface area contributed by atoms with E-state index in [-0.39, 0.29) is 17.9 Å². The first kappa shape index (κ1) is 14.3. The zero-order chi connectivity index (χ0) is 13.1. The Hall–Kier alpha value is -0.750. The number of ether oxygens (including phenoxy) is 1. The van der Waals surface area contributed by atoms with Crippen LogP contribution < -0.4 is 4.74 Å². The molecular formula is C9H5ClF3IN2O. The lowest BCUT2D eigenvalue weighted by Crippen LogP contribution is -2.19. The summed E-state index contributed by atoms with van der Waals surface area (Å²) in [4.78, 5) is 3.53. The molecule has 1 heterocycles. The summed E-state index contributed by atoms with van der Waals surface area (Å²) in [6.45, 7) is 0. The molecule has 0 atom stereocenters. The first-order chi connectivity index (χ1) is 7.89. The summed E-state index contributed by atoms with van der Waals surface area (Å²) in [6, 6.07) is 1.76. The van der Waals surface area contributed by atoms with Crippen molar-refractivity contribution in [3.63, 3.8) is 0 Å². The van der Waals surface area contributed by atoms with Gasteiger partial charge in [0.15, 0.2) is 0 Å². The van der Waals surface area contributed by atoms with E-state index in [0.717, 1.165) is 0 Å². The zero-order valence-corrected chi connectivity index (χ0v) is 11.1. The van der Waals surface area contributed by atoms with Gasteiger partial charge >= 0.3 is 6.36 Å². The molecule has 3 nitrogen and oxygen atoms in total. The monoisotopic (exact) mass is 376 g/mol. The molecule has 1 aromatic heterocycles. The van der Waals surface area contributed by atoms with E-state index >= 15 is 0 Å². The van der Waals surface area contributed by atoms with Crippen LogP contribution in [0.15, 0.2) is 6.20 Å². The Morgan fingerprint density at radius 2 is 2.12 bits per heavy atom. The van der Waals surface area contributed by atoms with E-state index in [0.29, 0.717) is 9.13 Å². The van der Waals surface area contributed by atoms with Gasteiger partial charge in [0.2, 0.25) is 5.88 Å². The number of hydrogen-bond donors (Lipinski definition) is 0. The Morgan fingerprint density at radius 1 is 1.47 bits per heavy atom. The quantitative estimate of drug-likeness (QED) is 0.600. The normalized spacial score (nSPS) is 11.1. The molecule has 0 aliphatic rings. The lowest BCUT2D eigenvalue weighted by atomic mass is 10.1. The Balaban J connectivity index is 3.26. The molecule has 0 aliphatic carbocycles. The molecule has 8 heteroatoms. The molecule has 92 valence electrons. The second kappa shape index (κ2) is 5.73. The van der Waals surface area contributed by atoms with Crippen molar-refractivity contribution in [1.82, 2.24) is 4.98 Å². The number of halogens is 5. The van der Waals surface area contributed by atoms with Crippen LogP contribution in [0, 0.1) is 14.9 Å². The van der Waals surface area contributed by atoms with E-state index in [9.17, 15) is 13.2 Å². The summed E-state index contributed by atoms with van der Waals surface area (Å²) in [6.07, 6.45) is -3.86. The van der Waals surface area contributed by atoms with Gasteiger partial charge in [0, 0.05) is 21.2 Å². The van der Waals surface area contributed by atoms with Crippen LogP contribution in [0.25, 0.3) is 0 Å². The van der Waals surface area contributed by atoms with Gasteiger partial charge in [0.25, 0.3) is 0 Å². The van der Waals surface area contributed by atoms with Gasteiger partial charge in [-0.15, -0.1) is 24.8 Å². The number of nitriles is 1. The Bertz CT molecular complexity index is 459. The number of aromatic nitrogens is 1. The molecule has 0 saturated heterocycles. The molecule has 1 aromatic rings. The van der Waals surface area contributed by atoms with E-state index in [1.165, 1.54) is 6.20 Å². The van der Waals surface area contributed by atoms with Crippen molar-refractivity contribution in [2.75, 3.05) is 0 Å². The summed E-state index contributed by atoms with van der Waals surface area (Å²) in [5.41, 5.74) is 0.509. The molecule has 0 unspecified atom stereocenters. The van der Waals surface area contributed by atoms with Crippen LogP contribution in [0.2, 0.25) is 0 Å². The van der Waals surface area contributed by atoms with Crippen LogP contribution in [0.5, 0.6) is 5.88 Å². The topological polar surface area (TPSA) is 45.9 Å². The minimum atomic E-state index is -4.84. The van der Waals surface area contributed by atoms with E-state index in [2.05, 4.69) is 9.72 Å². The fraction of sp³-hybridized carbons (Fsp3) is 0.333. The molecule has 0 spiro atoms. The second-order valence-electron chi connectivity index (χ2n) is 2.88. The summed E-state index contributed by atoms with van der Waals surface area (Å²) < 4.78 is 40.7. The highest BCUT2D eigenvalue weighted by atomic mass is 127. The van der Waals surface area contributed by atoms with Gasteiger partial charge in [-0.1, -0.05) is 0 Å². The Morgan fingerprint density at radius 3 is 2.59 bits per heavy atom. The molecular weight excluding hydrogens is 371 g/mol. The smallest absolute Gasteiger partial charge is 0.388 e. The van der Waals surface area contributed by atoms with Gasteiger partial charge in [-0.05, 0) is 28.2 Å². The van der Waals surface area contributed by atoms with Crippen LogP contribution in [0.1, 0.15) is 11.1 Å². The lowest BCUT2D eigenvalue weighted by molar-refractivity contribution is -0.276. The molecule has 0 aromatic carbocycles. The maximum atomic E-state index is 12.1. The number of rotatable bonds is 3. The summed E-state index contributed by atoms with van der Waals surface area (Å²) in [5.74, 6) is -0.624. The van der Waals surface area contributed by atoms with Gasteiger partial charge in [-0.2, -0.15) is 5.26 Å². The lowest BCUT2D eigenvalue weighted by Gasteiger charge is -2.14. The van der Waals surface area contributed by atoms with Gasteiger partial charge in [-0.25, -0.2) is 4.98 Å². The standard InChI is InChI=1S/C9H5ClF3IN2O/c10-3-6-5(1-2-15)8(16-4-7(6)14)17-9(11,12)13/h4H,1,3H2. The molecule has 0 N–H and O–H groups in total. The highest BCUT2D eigenvalue weighted by molar-refractivity contribution is 14.1. The molecule has 0 bridgehead atoms. The van der Waals surface area contributed by atoms with Crippen molar-refractivity contribution < 1.29 is 17.9 Å². The third kappa shape index (κ3) is 3.89. The summed E-state index contributed by atoms with van der Waals surface area (Å²) in [5, 5.41) is 8.59. The highest BCUT2D eigenvalue weighted by Crippen LogP contribution is 2.30. The van der Waals surface area contributed by atoms with E-state index in [1.807, 2.05) is 22.6 Å². The van der Waals surface area contributed by atoms with E-state index in [4.69, 9.17) is 16.9 Å². The average Bonchev–Trinajstić information content (AvgIpc) is 2.21. The second-order valence-corrected chi connectivity index (χ2v) is 4.31. The number of nitrogens with zero attached hydrogens (tertiary/aromatic N) is 2. The minimum absolute atomic E-state index is 0.00791. The van der Waals surface area contributed by atoms with Gasteiger partial charge in [-0.3, -0.25) is 0 Å². The van der Waals surface area contributed by atoms with Crippen LogP contribution in [-0.2, 0) is 12.3 Å². The van der Waals surface area contributed by atoms with Crippen molar-refractivity contribution in [2.24, 2.45) is 0 Å².